The number of carbonyl (C=O) groups excluding carboxylic acids is 1. The first-order chi connectivity index (χ1) is 11.3. The summed E-state index contributed by atoms with van der Waals surface area (Å²) in [5, 5.41) is 6.33. The summed E-state index contributed by atoms with van der Waals surface area (Å²) >= 11 is 1.52. The molecule has 0 bridgehead atoms. The Hall–Kier alpha value is -1.83. The molecule has 1 amide bonds. The van der Waals surface area contributed by atoms with Crippen molar-refractivity contribution in [3.05, 3.63) is 39.3 Å². The fourth-order valence-corrected chi connectivity index (χ4v) is 4.00. The number of aryl methyl sites for hydroxylation is 2. The van der Waals surface area contributed by atoms with E-state index in [-0.39, 0.29) is 18.5 Å². The van der Waals surface area contributed by atoms with Crippen LogP contribution < -0.4 is 5.32 Å². The molecule has 0 saturated carbocycles. The monoisotopic (exact) mass is 357 g/mol. The van der Waals surface area contributed by atoms with Crippen molar-refractivity contribution < 1.29 is 18.0 Å². The number of alkyl halides is 3. The molecule has 0 aromatic carbocycles. The highest BCUT2D eigenvalue weighted by atomic mass is 32.1. The molecule has 2 aromatic rings. The first kappa shape index (κ1) is 17.0. The standard InChI is InChI=1S/C16H18F3N3OS/c1-10(9-22-7-6-14(21-22)16(17,18)19)20-15(23)13-8-11-4-2-3-5-12(11)24-13/h6-8,10H,2-5,9H2,1H3,(H,20,23)/t10-/m0/s1. The number of hydrogen-bond acceptors (Lipinski definition) is 3. The van der Waals surface area contributed by atoms with Crippen molar-refractivity contribution in [2.45, 2.75) is 51.4 Å². The summed E-state index contributed by atoms with van der Waals surface area (Å²) < 4.78 is 38.8. The third-order valence-corrected chi connectivity index (χ3v) is 5.23. The minimum absolute atomic E-state index is 0.176. The molecule has 0 spiro atoms. The van der Waals surface area contributed by atoms with E-state index in [1.165, 1.54) is 32.7 Å². The van der Waals surface area contributed by atoms with E-state index in [4.69, 9.17) is 0 Å². The molecule has 3 rings (SSSR count). The van der Waals surface area contributed by atoms with Crippen LogP contribution in [0, 0.1) is 0 Å². The maximum absolute atomic E-state index is 12.5. The zero-order valence-corrected chi connectivity index (χ0v) is 14.0. The Labute approximate surface area is 141 Å². The highest BCUT2D eigenvalue weighted by molar-refractivity contribution is 7.14. The summed E-state index contributed by atoms with van der Waals surface area (Å²) in [5.74, 6) is -0.176. The van der Waals surface area contributed by atoms with E-state index in [1.807, 2.05) is 6.07 Å². The largest absolute Gasteiger partial charge is 0.435 e. The minimum Gasteiger partial charge on any atom is -0.347 e. The van der Waals surface area contributed by atoms with Crippen LogP contribution >= 0.6 is 11.3 Å². The van der Waals surface area contributed by atoms with Crippen LogP contribution in [0.25, 0.3) is 0 Å². The molecular weight excluding hydrogens is 339 g/mol. The summed E-state index contributed by atoms with van der Waals surface area (Å²) in [6, 6.07) is 2.55. The minimum atomic E-state index is -4.45. The number of aromatic nitrogens is 2. The van der Waals surface area contributed by atoms with Gasteiger partial charge in [-0.25, -0.2) is 0 Å². The molecular formula is C16H18F3N3OS. The van der Waals surface area contributed by atoms with Crippen LogP contribution in [-0.4, -0.2) is 21.7 Å². The Morgan fingerprint density at radius 3 is 2.83 bits per heavy atom. The number of hydrogen-bond donors (Lipinski definition) is 1. The summed E-state index contributed by atoms with van der Waals surface area (Å²) in [4.78, 5) is 14.3. The van der Waals surface area contributed by atoms with Crippen LogP contribution in [0.4, 0.5) is 13.2 Å². The number of nitrogens with one attached hydrogen (secondary N) is 1. The first-order valence-corrected chi connectivity index (χ1v) is 8.67. The number of halogens is 3. The Morgan fingerprint density at radius 2 is 2.17 bits per heavy atom. The number of fused-ring (bicyclic) bond motifs is 1. The van der Waals surface area contributed by atoms with Crippen molar-refractivity contribution in [1.82, 2.24) is 15.1 Å². The van der Waals surface area contributed by atoms with Crippen LogP contribution in [0.2, 0.25) is 0 Å². The van der Waals surface area contributed by atoms with Gasteiger partial charge in [-0.05, 0) is 50.3 Å². The van der Waals surface area contributed by atoms with E-state index in [2.05, 4.69) is 10.4 Å². The fourth-order valence-electron chi connectivity index (χ4n) is 2.84. The lowest BCUT2D eigenvalue weighted by Crippen LogP contribution is -2.35. The maximum Gasteiger partial charge on any atom is 0.435 e. The lowest BCUT2D eigenvalue weighted by atomic mass is 9.99. The van der Waals surface area contributed by atoms with Gasteiger partial charge in [0.05, 0.1) is 11.4 Å². The van der Waals surface area contributed by atoms with Gasteiger partial charge in [0.15, 0.2) is 5.69 Å². The van der Waals surface area contributed by atoms with Gasteiger partial charge in [0.25, 0.3) is 5.91 Å². The molecule has 130 valence electrons. The Kier molecular flexibility index (Phi) is 4.67. The van der Waals surface area contributed by atoms with Gasteiger partial charge in [0.2, 0.25) is 0 Å². The van der Waals surface area contributed by atoms with E-state index >= 15 is 0 Å². The molecule has 2 aromatic heterocycles. The number of thiophene rings is 1. The Morgan fingerprint density at radius 1 is 1.42 bits per heavy atom. The van der Waals surface area contributed by atoms with Crippen molar-refractivity contribution in [3.8, 4) is 0 Å². The van der Waals surface area contributed by atoms with E-state index in [9.17, 15) is 18.0 Å². The van der Waals surface area contributed by atoms with Crippen LogP contribution in [-0.2, 0) is 25.6 Å². The predicted octanol–water partition coefficient (Wildman–Crippen LogP) is 3.66. The quantitative estimate of drug-likeness (QED) is 0.908. The summed E-state index contributed by atoms with van der Waals surface area (Å²) in [6.45, 7) is 1.94. The Bertz CT molecular complexity index is 712. The molecule has 1 atom stereocenters. The SMILES string of the molecule is C[C@@H](Cn1ccc(C(F)(F)F)n1)NC(=O)c1cc2c(s1)CCCC2. The zero-order chi connectivity index (χ0) is 17.3. The molecule has 8 heteroatoms. The highest BCUT2D eigenvalue weighted by Gasteiger charge is 2.33. The number of nitrogens with zero attached hydrogens (tertiary/aromatic N) is 2. The second-order valence-corrected chi connectivity index (χ2v) is 7.20. The van der Waals surface area contributed by atoms with Gasteiger partial charge in [-0.3, -0.25) is 9.48 Å². The van der Waals surface area contributed by atoms with E-state index in [0.29, 0.717) is 4.88 Å². The smallest absolute Gasteiger partial charge is 0.347 e. The van der Waals surface area contributed by atoms with Crippen molar-refractivity contribution in [2.75, 3.05) is 0 Å². The van der Waals surface area contributed by atoms with Gasteiger partial charge in [-0.2, -0.15) is 18.3 Å². The third kappa shape index (κ3) is 3.80. The molecule has 0 aliphatic heterocycles. The lowest BCUT2D eigenvalue weighted by molar-refractivity contribution is -0.141. The summed E-state index contributed by atoms with van der Waals surface area (Å²) in [6.07, 6.45) is 1.18. The van der Waals surface area contributed by atoms with Gasteiger partial charge >= 0.3 is 6.18 Å². The van der Waals surface area contributed by atoms with Crippen LogP contribution in [0.3, 0.4) is 0 Å². The first-order valence-electron chi connectivity index (χ1n) is 7.86. The molecule has 2 heterocycles. The number of carbonyl (C=O) groups is 1. The van der Waals surface area contributed by atoms with E-state index in [1.54, 1.807) is 6.92 Å². The normalized spacial score (nSPS) is 15.8. The van der Waals surface area contributed by atoms with Crippen LogP contribution in [0.15, 0.2) is 18.3 Å². The predicted molar refractivity (Wildman–Crippen MR) is 85.1 cm³/mol. The van der Waals surface area contributed by atoms with Crippen LogP contribution in [0.5, 0.6) is 0 Å². The highest BCUT2D eigenvalue weighted by Crippen LogP contribution is 2.30. The van der Waals surface area contributed by atoms with E-state index < -0.39 is 11.9 Å². The lowest BCUT2D eigenvalue weighted by Gasteiger charge is -2.13. The second kappa shape index (κ2) is 6.58. The fraction of sp³-hybridized carbons (Fsp3) is 0.500. The second-order valence-electron chi connectivity index (χ2n) is 6.06. The third-order valence-electron chi connectivity index (χ3n) is 3.99. The number of rotatable bonds is 4. The molecule has 0 unspecified atom stereocenters. The molecule has 1 aliphatic carbocycles. The number of amides is 1. The van der Waals surface area contributed by atoms with Crippen molar-refractivity contribution in [3.63, 3.8) is 0 Å². The molecule has 4 nitrogen and oxygen atoms in total. The molecule has 0 fully saturated rings. The topological polar surface area (TPSA) is 46.9 Å². The van der Waals surface area contributed by atoms with Gasteiger partial charge < -0.3 is 5.32 Å². The average molecular weight is 357 g/mol. The molecule has 1 N–H and O–H groups in total. The maximum atomic E-state index is 12.5. The average Bonchev–Trinajstić information content (AvgIpc) is 3.12. The van der Waals surface area contributed by atoms with Crippen molar-refractivity contribution in [2.24, 2.45) is 0 Å². The molecule has 0 radical (unpaired) electrons. The summed E-state index contributed by atoms with van der Waals surface area (Å²) in [5.41, 5.74) is 0.331. The van der Waals surface area contributed by atoms with Crippen LogP contribution in [0.1, 0.15) is 45.6 Å². The molecule has 0 saturated heterocycles. The van der Waals surface area contributed by atoms with Crippen molar-refractivity contribution >= 4 is 17.2 Å². The van der Waals surface area contributed by atoms with Gasteiger partial charge in [0, 0.05) is 17.1 Å². The Balaban J connectivity index is 1.60. The van der Waals surface area contributed by atoms with Gasteiger partial charge in [-0.1, -0.05) is 0 Å². The summed E-state index contributed by atoms with van der Waals surface area (Å²) in [7, 11) is 0. The molecule has 24 heavy (non-hydrogen) atoms. The zero-order valence-electron chi connectivity index (χ0n) is 13.2. The van der Waals surface area contributed by atoms with E-state index in [0.717, 1.165) is 31.7 Å². The molecule has 1 aliphatic rings. The van der Waals surface area contributed by atoms with Gasteiger partial charge in [-0.15, -0.1) is 11.3 Å². The van der Waals surface area contributed by atoms with Crippen molar-refractivity contribution in [1.29, 1.82) is 0 Å². The van der Waals surface area contributed by atoms with Gasteiger partial charge in [0.1, 0.15) is 0 Å².